The topological polar surface area (TPSA) is 58.8 Å². The summed E-state index contributed by atoms with van der Waals surface area (Å²) < 4.78 is 19.1. The van der Waals surface area contributed by atoms with Crippen molar-refractivity contribution < 1.29 is 13.9 Å². The predicted octanol–water partition coefficient (Wildman–Crippen LogP) is 1.15. The van der Waals surface area contributed by atoms with Gasteiger partial charge >= 0.3 is 0 Å². The quantitative estimate of drug-likeness (QED) is 0.907. The molecule has 2 heterocycles. The van der Waals surface area contributed by atoms with Gasteiger partial charge in [0.1, 0.15) is 11.9 Å². The highest BCUT2D eigenvalue weighted by Crippen LogP contribution is 2.26. The summed E-state index contributed by atoms with van der Waals surface area (Å²) in [4.78, 5) is 17.0. The average Bonchev–Trinajstić information content (AvgIpc) is 2.56. The van der Waals surface area contributed by atoms with Gasteiger partial charge in [-0.15, -0.1) is 0 Å². The number of hydrogen-bond donors (Lipinski definition) is 1. The number of morpholine rings is 1. The molecule has 0 radical (unpaired) electrons. The van der Waals surface area contributed by atoms with Crippen LogP contribution in [0.4, 0.5) is 4.39 Å². The SMILES string of the molecule is NC1CCCN(C(=O)C(c2cccc(F)c2)N2CCOCC2)C1. The minimum absolute atomic E-state index is 0.0210. The van der Waals surface area contributed by atoms with Crippen molar-refractivity contribution in [1.82, 2.24) is 9.80 Å². The maximum Gasteiger partial charge on any atom is 0.244 e. The molecule has 3 rings (SSSR count). The number of halogens is 1. The first-order valence-electron chi connectivity index (χ1n) is 8.27. The first-order chi connectivity index (χ1) is 11.1. The van der Waals surface area contributed by atoms with Crippen LogP contribution < -0.4 is 5.73 Å². The van der Waals surface area contributed by atoms with Gasteiger partial charge in [0.05, 0.1) is 13.2 Å². The van der Waals surface area contributed by atoms with Crippen LogP contribution in [-0.4, -0.2) is 61.1 Å². The van der Waals surface area contributed by atoms with E-state index in [0.29, 0.717) is 38.4 Å². The molecular weight excluding hydrogens is 297 g/mol. The van der Waals surface area contributed by atoms with Gasteiger partial charge in [-0.3, -0.25) is 9.69 Å². The number of benzene rings is 1. The number of nitrogens with zero attached hydrogens (tertiary/aromatic N) is 2. The van der Waals surface area contributed by atoms with Gasteiger partial charge in [-0.1, -0.05) is 12.1 Å². The summed E-state index contributed by atoms with van der Waals surface area (Å²) in [5, 5.41) is 0. The summed E-state index contributed by atoms with van der Waals surface area (Å²) in [5.41, 5.74) is 6.72. The molecule has 2 fully saturated rings. The zero-order valence-corrected chi connectivity index (χ0v) is 13.3. The molecule has 1 aromatic rings. The highest BCUT2D eigenvalue weighted by molar-refractivity contribution is 5.83. The number of carbonyl (C=O) groups excluding carboxylic acids is 1. The van der Waals surface area contributed by atoms with Gasteiger partial charge in [0.15, 0.2) is 0 Å². The lowest BCUT2D eigenvalue weighted by molar-refractivity contribution is -0.140. The first kappa shape index (κ1) is 16.4. The Morgan fingerprint density at radius 1 is 1.30 bits per heavy atom. The van der Waals surface area contributed by atoms with Crippen LogP contribution in [0.3, 0.4) is 0 Å². The monoisotopic (exact) mass is 321 g/mol. The molecule has 2 atom stereocenters. The molecule has 23 heavy (non-hydrogen) atoms. The summed E-state index contributed by atoms with van der Waals surface area (Å²) in [6, 6.07) is 5.92. The van der Waals surface area contributed by atoms with Gasteiger partial charge in [0, 0.05) is 32.2 Å². The molecule has 126 valence electrons. The van der Waals surface area contributed by atoms with E-state index in [1.54, 1.807) is 6.07 Å². The van der Waals surface area contributed by atoms with Gasteiger partial charge in [-0.05, 0) is 30.5 Å². The van der Waals surface area contributed by atoms with E-state index in [0.717, 1.165) is 19.4 Å². The number of carbonyl (C=O) groups is 1. The van der Waals surface area contributed by atoms with Crippen molar-refractivity contribution in [2.24, 2.45) is 5.73 Å². The minimum Gasteiger partial charge on any atom is -0.379 e. The molecule has 2 N–H and O–H groups in total. The Labute approximate surface area is 136 Å². The largest absolute Gasteiger partial charge is 0.379 e. The van der Waals surface area contributed by atoms with Gasteiger partial charge in [-0.25, -0.2) is 4.39 Å². The summed E-state index contributed by atoms with van der Waals surface area (Å²) in [5.74, 6) is -0.295. The molecule has 0 saturated carbocycles. The Hall–Kier alpha value is -1.50. The van der Waals surface area contributed by atoms with Crippen LogP contribution in [0.5, 0.6) is 0 Å². The lowest BCUT2D eigenvalue weighted by Gasteiger charge is -2.39. The number of nitrogens with two attached hydrogens (primary N) is 1. The zero-order chi connectivity index (χ0) is 16.2. The molecule has 1 amide bonds. The lowest BCUT2D eigenvalue weighted by Crippen LogP contribution is -2.51. The van der Waals surface area contributed by atoms with Crippen LogP contribution in [0.2, 0.25) is 0 Å². The number of ether oxygens (including phenoxy) is 1. The van der Waals surface area contributed by atoms with E-state index in [1.165, 1.54) is 12.1 Å². The standard InChI is InChI=1S/C17H24FN3O2/c18-14-4-1-3-13(11-14)16(20-7-9-23-10-8-20)17(22)21-6-2-5-15(19)12-21/h1,3-4,11,15-16H,2,5-10,12,19H2. The molecule has 2 unspecified atom stereocenters. The Kier molecular flexibility index (Phi) is 5.25. The van der Waals surface area contributed by atoms with Crippen molar-refractivity contribution in [3.63, 3.8) is 0 Å². The fraction of sp³-hybridized carbons (Fsp3) is 0.588. The number of rotatable bonds is 3. The van der Waals surface area contributed by atoms with E-state index < -0.39 is 6.04 Å². The second kappa shape index (κ2) is 7.38. The molecule has 0 bridgehead atoms. The van der Waals surface area contributed by atoms with E-state index in [9.17, 15) is 9.18 Å². The summed E-state index contributed by atoms with van der Waals surface area (Å²) in [6.07, 6.45) is 1.87. The zero-order valence-electron chi connectivity index (χ0n) is 13.3. The van der Waals surface area contributed by atoms with Crippen LogP contribution in [-0.2, 0) is 9.53 Å². The van der Waals surface area contributed by atoms with Crippen molar-refractivity contribution in [1.29, 1.82) is 0 Å². The third kappa shape index (κ3) is 3.88. The second-order valence-electron chi connectivity index (χ2n) is 6.29. The van der Waals surface area contributed by atoms with Gasteiger partial charge in [0.25, 0.3) is 0 Å². The van der Waals surface area contributed by atoms with Crippen LogP contribution in [0.25, 0.3) is 0 Å². The molecule has 2 aliphatic heterocycles. The Bertz CT molecular complexity index is 548. The predicted molar refractivity (Wildman–Crippen MR) is 85.3 cm³/mol. The van der Waals surface area contributed by atoms with E-state index >= 15 is 0 Å². The minimum atomic E-state index is -0.458. The number of amides is 1. The van der Waals surface area contributed by atoms with Crippen LogP contribution in [0.1, 0.15) is 24.4 Å². The number of hydrogen-bond acceptors (Lipinski definition) is 4. The maximum absolute atomic E-state index is 13.7. The molecule has 0 aromatic heterocycles. The highest BCUT2D eigenvalue weighted by atomic mass is 19.1. The molecule has 2 aliphatic rings. The molecule has 0 aliphatic carbocycles. The number of likely N-dealkylation sites (tertiary alicyclic amines) is 1. The number of piperidine rings is 1. The normalized spacial score (nSPS) is 24.4. The van der Waals surface area contributed by atoms with E-state index in [4.69, 9.17) is 10.5 Å². The van der Waals surface area contributed by atoms with Gasteiger partial charge < -0.3 is 15.4 Å². The summed E-state index contributed by atoms with van der Waals surface area (Å²) in [6.45, 7) is 3.84. The molecule has 5 nitrogen and oxygen atoms in total. The third-order valence-corrected chi connectivity index (χ3v) is 4.58. The molecule has 2 saturated heterocycles. The van der Waals surface area contributed by atoms with Crippen LogP contribution in [0, 0.1) is 5.82 Å². The summed E-state index contributed by atoms with van der Waals surface area (Å²) in [7, 11) is 0. The molecular formula is C17H24FN3O2. The van der Waals surface area contributed by atoms with Crippen LogP contribution >= 0.6 is 0 Å². The maximum atomic E-state index is 13.7. The van der Waals surface area contributed by atoms with E-state index in [2.05, 4.69) is 4.90 Å². The third-order valence-electron chi connectivity index (χ3n) is 4.58. The van der Waals surface area contributed by atoms with Crippen molar-refractivity contribution in [2.45, 2.75) is 24.9 Å². The molecule has 0 spiro atoms. The second-order valence-corrected chi connectivity index (χ2v) is 6.29. The van der Waals surface area contributed by atoms with Crippen molar-refractivity contribution in [3.05, 3.63) is 35.6 Å². The Morgan fingerprint density at radius 2 is 2.09 bits per heavy atom. The van der Waals surface area contributed by atoms with Gasteiger partial charge in [-0.2, -0.15) is 0 Å². The van der Waals surface area contributed by atoms with Crippen LogP contribution in [0.15, 0.2) is 24.3 Å². The van der Waals surface area contributed by atoms with E-state index in [-0.39, 0.29) is 17.8 Å². The fourth-order valence-corrected chi connectivity index (χ4v) is 3.41. The van der Waals surface area contributed by atoms with Crippen molar-refractivity contribution in [3.8, 4) is 0 Å². The highest BCUT2D eigenvalue weighted by Gasteiger charge is 2.34. The molecule has 6 heteroatoms. The Morgan fingerprint density at radius 3 is 2.78 bits per heavy atom. The van der Waals surface area contributed by atoms with Gasteiger partial charge in [0.2, 0.25) is 5.91 Å². The van der Waals surface area contributed by atoms with Crippen molar-refractivity contribution in [2.75, 3.05) is 39.4 Å². The lowest BCUT2D eigenvalue weighted by atomic mass is 10.00. The van der Waals surface area contributed by atoms with E-state index in [1.807, 2.05) is 11.0 Å². The Balaban J connectivity index is 1.86. The molecule has 1 aromatic carbocycles. The first-order valence-corrected chi connectivity index (χ1v) is 8.27. The van der Waals surface area contributed by atoms with Crippen molar-refractivity contribution >= 4 is 5.91 Å². The fourth-order valence-electron chi connectivity index (χ4n) is 3.41. The average molecular weight is 321 g/mol. The smallest absolute Gasteiger partial charge is 0.244 e. The summed E-state index contributed by atoms with van der Waals surface area (Å²) >= 11 is 0.